The van der Waals surface area contributed by atoms with E-state index in [2.05, 4.69) is 10.4 Å². The summed E-state index contributed by atoms with van der Waals surface area (Å²) in [4.78, 5) is 11.7. The first-order valence-electron chi connectivity index (χ1n) is 6.56. The fourth-order valence-corrected chi connectivity index (χ4v) is 2.31. The molecule has 1 heterocycles. The molecule has 120 valence electrons. The number of anilines is 1. The molecule has 1 amide bonds. The molecule has 0 saturated carbocycles. The Bertz CT molecular complexity index is 630. The third-order valence-corrected chi connectivity index (χ3v) is 3.51. The smallest absolute Gasteiger partial charge is 0.225 e. The van der Waals surface area contributed by atoms with Crippen LogP contribution < -0.4 is 11.1 Å². The highest BCUT2D eigenvalue weighted by Crippen LogP contribution is 2.22. The number of rotatable bonds is 6. The summed E-state index contributed by atoms with van der Waals surface area (Å²) >= 11 is 12.0. The second-order valence-corrected chi connectivity index (χ2v) is 5.39. The highest BCUT2D eigenvalue weighted by atomic mass is 35.5. The quantitative estimate of drug-likeness (QED) is 0.826. The van der Waals surface area contributed by atoms with Crippen molar-refractivity contribution >= 4 is 47.3 Å². The molecule has 8 heteroatoms. The van der Waals surface area contributed by atoms with Crippen molar-refractivity contribution in [3.63, 3.8) is 0 Å². The van der Waals surface area contributed by atoms with Crippen molar-refractivity contribution in [3.8, 4) is 0 Å². The van der Waals surface area contributed by atoms with Gasteiger partial charge in [0.15, 0.2) is 0 Å². The number of nitrogens with zero attached hydrogens (tertiary/aromatic N) is 2. The lowest BCUT2D eigenvalue weighted by atomic mass is 10.2. The minimum Gasteiger partial charge on any atom is -0.330 e. The van der Waals surface area contributed by atoms with Gasteiger partial charge in [-0.15, -0.1) is 12.4 Å². The zero-order valence-corrected chi connectivity index (χ0v) is 14.1. The highest BCUT2D eigenvalue weighted by molar-refractivity contribution is 6.35. The van der Waals surface area contributed by atoms with Crippen LogP contribution in [0.4, 0.5) is 5.82 Å². The van der Waals surface area contributed by atoms with E-state index < -0.39 is 0 Å². The van der Waals surface area contributed by atoms with Crippen LogP contribution in [0.15, 0.2) is 30.5 Å². The maximum absolute atomic E-state index is 11.7. The van der Waals surface area contributed by atoms with E-state index in [4.69, 9.17) is 28.9 Å². The molecular weight excluding hydrogens is 347 g/mol. The number of aromatic nitrogens is 2. The van der Waals surface area contributed by atoms with Crippen molar-refractivity contribution in [2.75, 3.05) is 11.9 Å². The molecule has 0 bridgehead atoms. The van der Waals surface area contributed by atoms with Gasteiger partial charge in [-0.2, -0.15) is 5.10 Å². The van der Waals surface area contributed by atoms with E-state index in [1.165, 1.54) is 0 Å². The van der Waals surface area contributed by atoms with Gasteiger partial charge in [0.2, 0.25) is 5.91 Å². The van der Waals surface area contributed by atoms with Gasteiger partial charge in [0, 0.05) is 22.5 Å². The molecule has 22 heavy (non-hydrogen) atoms. The number of nitrogens with one attached hydrogen (secondary N) is 1. The van der Waals surface area contributed by atoms with Crippen molar-refractivity contribution in [1.29, 1.82) is 0 Å². The van der Waals surface area contributed by atoms with Crippen LogP contribution in [0, 0.1) is 0 Å². The Labute approximate surface area is 145 Å². The monoisotopic (exact) mass is 362 g/mol. The lowest BCUT2D eigenvalue weighted by Crippen LogP contribution is -2.17. The summed E-state index contributed by atoms with van der Waals surface area (Å²) < 4.78 is 1.68. The standard InChI is InChI=1S/C14H16Cl2N4O.ClH/c15-11-4-3-10(12(16)8-11)9-20-13(5-7-18-20)19-14(21)2-1-6-17;/h3-5,7-8H,1-2,6,9,17H2,(H,19,21);1H. The van der Waals surface area contributed by atoms with Gasteiger partial charge < -0.3 is 11.1 Å². The Hall–Kier alpha value is -1.27. The molecule has 0 radical (unpaired) electrons. The fraction of sp³-hybridized carbons (Fsp3) is 0.286. The predicted octanol–water partition coefficient (Wildman–Crippen LogP) is 3.34. The van der Waals surface area contributed by atoms with Gasteiger partial charge in [0.1, 0.15) is 5.82 Å². The van der Waals surface area contributed by atoms with Gasteiger partial charge in [-0.1, -0.05) is 29.3 Å². The van der Waals surface area contributed by atoms with Crippen LogP contribution in [-0.2, 0) is 11.3 Å². The summed E-state index contributed by atoms with van der Waals surface area (Å²) in [6, 6.07) is 7.03. The van der Waals surface area contributed by atoms with Gasteiger partial charge in [-0.05, 0) is 30.7 Å². The normalized spacial score (nSPS) is 10.1. The molecule has 1 aromatic heterocycles. The van der Waals surface area contributed by atoms with Crippen molar-refractivity contribution in [3.05, 3.63) is 46.1 Å². The number of hydrogen-bond donors (Lipinski definition) is 2. The first-order chi connectivity index (χ1) is 10.1. The Morgan fingerprint density at radius 2 is 2.09 bits per heavy atom. The molecule has 5 nitrogen and oxygen atoms in total. The minimum absolute atomic E-state index is 0. The SMILES string of the molecule is Cl.NCCCC(=O)Nc1ccnn1Cc1ccc(Cl)cc1Cl. The zero-order chi connectivity index (χ0) is 15.2. The average molecular weight is 364 g/mol. The number of carbonyl (C=O) groups is 1. The Morgan fingerprint density at radius 3 is 2.77 bits per heavy atom. The van der Waals surface area contributed by atoms with E-state index in [0.29, 0.717) is 41.8 Å². The van der Waals surface area contributed by atoms with Crippen molar-refractivity contribution in [2.24, 2.45) is 5.73 Å². The van der Waals surface area contributed by atoms with Crippen LogP contribution in [0.3, 0.4) is 0 Å². The first-order valence-corrected chi connectivity index (χ1v) is 7.31. The summed E-state index contributed by atoms with van der Waals surface area (Å²) in [5, 5.41) is 8.16. The van der Waals surface area contributed by atoms with Crippen LogP contribution in [0.1, 0.15) is 18.4 Å². The van der Waals surface area contributed by atoms with E-state index in [-0.39, 0.29) is 18.3 Å². The van der Waals surface area contributed by atoms with Crippen molar-refractivity contribution in [2.45, 2.75) is 19.4 Å². The van der Waals surface area contributed by atoms with Gasteiger partial charge in [-0.3, -0.25) is 4.79 Å². The molecule has 0 atom stereocenters. The molecule has 3 N–H and O–H groups in total. The third kappa shape index (κ3) is 5.18. The maximum atomic E-state index is 11.7. The Balaban J connectivity index is 0.00000242. The molecule has 0 fully saturated rings. The largest absolute Gasteiger partial charge is 0.330 e. The van der Waals surface area contributed by atoms with Crippen molar-refractivity contribution < 1.29 is 4.79 Å². The molecular formula is C14H17Cl3N4O. The minimum atomic E-state index is -0.0793. The lowest BCUT2D eigenvalue weighted by Gasteiger charge is -2.10. The number of benzene rings is 1. The summed E-state index contributed by atoms with van der Waals surface area (Å²) in [7, 11) is 0. The van der Waals surface area contributed by atoms with Gasteiger partial charge in [0.25, 0.3) is 0 Å². The number of nitrogens with two attached hydrogens (primary N) is 1. The van der Waals surface area contributed by atoms with Gasteiger partial charge in [0.05, 0.1) is 12.7 Å². The molecule has 0 aliphatic heterocycles. The second-order valence-electron chi connectivity index (χ2n) is 4.55. The molecule has 1 aromatic carbocycles. The molecule has 0 aliphatic carbocycles. The molecule has 2 aromatic rings. The van der Waals surface area contributed by atoms with E-state index in [0.717, 1.165) is 5.56 Å². The summed E-state index contributed by atoms with van der Waals surface area (Å²) in [5.74, 6) is 0.549. The van der Waals surface area contributed by atoms with Gasteiger partial charge >= 0.3 is 0 Å². The number of hydrogen-bond acceptors (Lipinski definition) is 3. The Morgan fingerprint density at radius 1 is 1.32 bits per heavy atom. The molecule has 0 saturated heterocycles. The van der Waals surface area contributed by atoms with Crippen LogP contribution >= 0.6 is 35.6 Å². The number of carbonyl (C=O) groups excluding carboxylic acids is 1. The lowest BCUT2D eigenvalue weighted by molar-refractivity contribution is -0.116. The summed E-state index contributed by atoms with van der Waals surface area (Å²) in [6.07, 6.45) is 2.68. The number of halogens is 3. The molecule has 0 spiro atoms. The second kappa shape index (κ2) is 9.00. The molecule has 0 unspecified atom stereocenters. The topological polar surface area (TPSA) is 72.9 Å². The molecule has 0 aliphatic rings. The number of amides is 1. The predicted molar refractivity (Wildman–Crippen MR) is 92.0 cm³/mol. The summed E-state index contributed by atoms with van der Waals surface area (Å²) in [6.45, 7) is 0.947. The third-order valence-electron chi connectivity index (χ3n) is 2.93. The van der Waals surface area contributed by atoms with Gasteiger partial charge in [-0.25, -0.2) is 4.68 Å². The Kier molecular flexibility index (Phi) is 7.68. The molecule has 2 rings (SSSR count). The average Bonchev–Trinajstić information content (AvgIpc) is 2.87. The zero-order valence-electron chi connectivity index (χ0n) is 11.8. The van der Waals surface area contributed by atoms with E-state index in [1.807, 2.05) is 6.07 Å². The highest BCUT2D eigenvalue weighted by Gasteiger charge is 2.09. The van der Waals surface area contributed by atoms with E-state index >= 15 is 0 Å². The first kappa shape index (κ1) is 18.8. The van der Waals surface area contributed by atoms with Crippen LogP contribution in [0.25, 0.3) is 0 Å². The fourth-order valence-electron chi connectivity index (χ4n) is 1.84. The van der Waals surface area contributed by atoms with Crippen LogP contribution in [0.2, 0.25) is 10.0 Å². The van der Waals surface area contributed by atoms with E-state index in [9.17, 15) is 4.79 Å². The summed E-state index contributed by atoms with van der Waals surface area (Å²) in [5.41, 5.74) is 6.27. The van der Waals surface area contributed by atoms with E-state index in [1.54, 1.807) is 29.1 Å². The van der Waals surface area contributed by atoms with Crippen LogP contribution in [-0.4, -0.2) is 22.2 Å². The van der Waals surface area contributed by atoms with Crippen LogP contribution in [0.5, 0.6) is 0 Å². The maximum Gasteiger partial charge on any atom is 0.225 e. The van der Waals surface area contributed by atoms with Crippen molar-refractivity contribution in [1.82, 2.24) is 9.78 Å².